The van der Waals surface area contributed by atoms with Crippen LogP contribution in [0.3, 0.4) is 0 Å². The van der Waals surface area contributed by atoms with Gasteiger partial charge >= 0.3 is 5.69 Å². The summed E-state index contributed by atoms with van der Waals surface area (Å²) in [6, 6.07) is 0. The van der Waals surface area contributed by atoms with Crippen molar-refractivity contribution in [3.8, 4) is 0 Å². The van der Waals surface area contributed by atoms with Crippen LogP contribution in [-0.4, -0.2) is 45.0 Å². The van der Waals surface area contributed by atoms with Crippen molar-refractivity contribution in [2.24, 2.45) is 0 Å². The second-order valence-electron chi connectivity index (χ2n) is 12.9. The highest BCUT2D eigenvalue weighted by Gasteiger charge is 2.51. The summed E-state index contributed by atoms with van der Waals surface area (Å²) in [7, 11) is -4.33. The summed E-state index contributed by atoms with van der Waals surface area (Å²) in [5.74, 6) is 0. The summed E-state index contributed by atoms with van der Waals surface area (Å²) in [4.78, 5) is 27.2. The molecule has 1 aromatic heterocycles. The van der Waals surface area contributed by atoms with Crippen molar-refractivity contribution in [3.05, 3.63) is 32.6 Å². The van der Waals surface area contributed by atoms with Crippen molar-refractivity contribution in [1.82, 2.24) is 9.55 Å². The lowest BCUT2D eigenvalue weighted by atomic mass is 10.2. The Bertz CT molecular complexity index is 955. The number of ether oxygens (including phenoxy) is 1. The first kappa shape index (κ1) is 32.2. The number of nitrogens with zero attached hydrogens (tertiary/aromatic N) is 1. The van der Waals surface area contributed by atoms with Crippen LogP contribution in [0.2, 0.25) is 33.2 Å². The molecule has 37 heavy (non-hydrogen) atoms. The molecule has 1 N–H and O–H groups in total. The largest absolute Gasteiger partial charge is 0.413 e. The number of aromatic amines is 1. The molecule has 0 radical (unpaired) electrons. The maximum Gasteiger partial charge on any atom is 0.330 e. The summed E-state index contributed by atoms with van der Waals surface area (Å²) in [6.45, 7) is 29.6. The fourth-order valence-corrected chi connectivity index (χ4v) is 18.4. The van der Waals surface area contributed by atoms with E-state index in [1.165, 1.54) is 4.57 Å². The predicted molar refractivity (Wildman–Crippen MR) is 158 cm³/mol. The first-order valence-electron chi connectivity index (χ1n) is 14.3. The molecule has 0 spiro atoms. The van der Waals surface area contributed by atoms with Crippen molar-refractivity contribution < 1.29 is 13.6 Å². The molecule has 0 aromatic carbocycles. The van der Waals surface area contributed by atoms with Gasteiger partial charge in [0.15, 0.2) is 8.32 Å². The number of aryl methyl sites for hydroxylation is 1. The van der Waals surface area contributed by atoms with Crippen molar-refractivity contribution in [3.63, 3.8) is 0 Å². The smallest absolute Gasteiger partial charge is 0.330 e. The van der Waals surface area contributed by atoms with Gasteiger partial charge in [-0.25, -0.2) is 4.79 Å². The Hall–Kier alpha value is -1.01. The molecule has 2 heterocycles. The zero-order chi connectivity index (χ0) is 28.5. The topological polar surface area (TPSA) is 82.6 Å². The summed E-state index contributed by atoms with van der Waals surface area (Å²) >= 11 is 0. The van der Waals surface area contributed by atoms with Crippen LogP contribution in [-0.2, 0) is 13.6 Å². The summed E-state index contributed by atoms with van der Waals surface area (Å²) < 4.78 is 22.3. The van der Waals surface area contributed by atoms with Gasteiger partial charge in [0.25, 0.3) is 5.56 Å². The highest BCUT2D eigenvalue weighted by atomic mass is 28.4. The van der Waals surface area contributed by atoms with Gasteiger partial charge in [-0.15, -0.1) is 0 Å². The second-order valence-corrected chi connectivity index (χ2v) is 23.8. The number of aromatic nitrogens is 2. The fourth-order valence-electron chi connectivity index (χ4n) is 7.34. The molecule has 0 aliphatic carbocycles. The van der Waals surface area contributed by atoms with Gasteiger partial charge in [-0.05, 0) is 40.2 Å². The minimum atomic E-state index is -2.21. The number of nitrogens with one attached hydrogen (secondary N) is 1. The zero-order valence-corrected chi connectivity index (χ0v) is 27.7. The first-order chi connectivity index (χ1) is 17.0. The molecule has 0 saturated carbocycles. The van der Waals surface area contributed by atoms with Gasteiger partial charge < -0.3 is 13.6 Å². The second kappa shape index (κ2) is 12.4. The first-order valence-corrected chi connectivity index (χ1v) is 18.6. The van der Waals surface area contributed by atoms with Crippen LogP contribution < -0.4 is 11.2 Å². The molecule has 2 rings (SSSR count). The summed E-state index contributed by atoms with van der Waals surface area (Å²) in [5.41, 5.74) is 2.36. The lowest BCUT2D eigenvalue weighted by Crippen LogP contribution is -2.53. The van der Waals surface area contributed by atoms with Crippen molar-refractivity contribution >= 4 is 16.6 Å². The number of rotatable bonds is 12. The van der Waals surface area contributed by atoms with Gasteiger partial charge in [0, 0.05) is 18.2 Å². The highest BCUT2D eigenvalue weighted by molar-refractivity contribution is 6.78. The molecule has 1 aliphatic rings. The molecule has 1 saturated heterocycles. The van der Waals surface area contributed by atoms with Crippen LogP contribution >= 0.6 is 0 Å². The maximum absolute atomic E-state index is 12.8. The molecule has 214 valence electrons. The quantitative estimate of drug-likeness (QED) is 0.285. The van der Waals surface area contributed by atoms with E-state index in [0.29, 0.717) is 51.8 Å². The summed E-state index contributed by atoms with van der Waals surface area (Å²) in [5, 5.41) is 0. The maximum atomic E-state index is 12.8. The zero-order valence-electron chi connectivity index (χ0n) is 25.7. The van der Waals surface area contributed by atoms with Gasteiger partial charge in [0.1, 0.15) is 12.3 Å². The monoisotopic (exact) mass is 554 g/mol. The van der Waals surface area contributed by atoms with Gasteiger partial charge in [-0.1, -0.05) is 83.1 Å². The molecule has 1 fully saturated rings. The van der Waals surface area contributed by atoms with E-state index in [1.807, 2.05) is 0 Å². The lowest BCUT2D eigenvalue weighted by Gasteiger charge is -2.45. The van der Waals surface area contributed by atoms with E-state index in [4.69, 9.17) is 13.6 Å². The van der Waals surface area contributed by atoms with Crippen LogP contribution in [0, 0.1) is 6.92 Å². The van der Waals surface area contributed by atoms with E-state index < -0.39 is 28.6 Å². The summed E-state index contributed by atoms with van der Waals surface area (Å²) in [6.07, 6.45) is 1.20. The molecule has 3 atom stereocenters. The van der Waals surface area contributed by atoms with Crippen LogP contribution in [0.25, 0.3) is 0 Å². The van der Waals surface area contributed by atoms with Crippen LogP contribution in [0.5, 0.6) is 0 Å². The third-order valence-corrected chi connectivity index (χ3v) is 21.1. The Morgan fingerprint density at radius 3 is 1.76 bits per heavy atom. The minimum absolute atomic E-state index is 0.179. The average molecular weight is 555 g/mol. The van der Waals surface area contributed by atoms with Crippen LogP contribution in [0.15, 0.2) is 15.8 Å². The fraction of sp³-hybridized carbons (Fsp3) is 0.857. The van der Waals surface area contributed by atoms with Crippen molar-refractivity contribution in [1.29, 1.82) is 0 Å². The Kier molecular flexibility index (Phi) is 10.8. The molecule has 7 nitrogen and oxygen atoms in total. The van der Waals surface area contributed by atoms with Crippen LogP contribution in [0.4, 0.5) is 0 Å². The number of hydrogen-bond acceptors (Lipinski definition) is 5. The van der Waals surface area contributed by atoms with Crippen molar-refractivity contribution in [2.45, 2.75) is 148 Å². The molecule has 0 unspecified atom stereocenters. The third-order valence-electron chi connectivity index (χ3n) is 8.90. The van der Waals surface area contributed by atoms with E-state index in [-0.39, 0.29) is 17.8 Å². The Morgan fingerprint density at radius 1 is 0.865 bits per heavy atom. The van der Waals surface area contributed by atoms with E-state index in [1.54, 1.807) is 13.1 Å². The standard InChI is InChI=1S/C28H54N2O5Si2/c1-17(2)36(18(3)4,19(5)6)33-16-25-24(35-37(20(7)8,21(9)10)22(11)12)14-26(34-25)30-15-23(13)27(31)29-28(30)32/h15,17-22,24-26H,14,16H2,1-13H3,(H,29,31,32)/t24-,25+,26+/m0/s1. The van der Waals surface area contributed by atoms with Gasteiger partial charge in [0.2, 0.25) is 8.32 Å². The van der Waals surface area contributed by atoms with Gasteiger partial charge in [-0.3, -0.25) is 14.3 Å². The number of hydrogen-bond donors (Lipinski definition) is 1. The van der Waals surface area contributed by atoms with Gasteiger partial charge in [-0.2, -0.15) is 0 Å². The molecule has 9 heteroatoms. The van der Waals surface area contributed by atoms with E-state index in [2.05, 4.69) is 88.1 Å². The molecule has 0 amide bonds. The lowest BCUT2D eigenvalue weighted by molar-refractivity contribution is -0.0423. The predicted octanol–water partition coefficient (Wildman–Crippen LogP) is 6.89. The molecule has 1 aliphatic heterocycles. The van der Waals surface area contributed by atoms with E-state index in [0.717, 1.165) is 0 Å². The van der Waals surface area contributed by atoms with E-state index >= 15 is 0 Å². The molecule has 0 bridgehead atoms. The normalized spacial score (nSPS) is 21.5. The molecular weight excluding hydrogens is 500 g/mol. The average Bonchev–Trinajstić information content (AvgIpc) is 3.15. The van der Waals surface area contributed by atoms with E-state index in [9.17, 15) is 9.59 Å². The minimum Gasteiger partial charge on any atom is -0.413 e. The van der Waals surface area contributed by atoms with Crippen molar-refractivity contribution in [2.75, 3.05) is 6.61 Å². The molecule has 1 aromatic rings. The SMILES string of the molecule is Cc1cn([C@H]2C[C@H](O[Si](C(C)C)(C(C)C)C(C)C)[C@@H](CO[Si](C(C)C)(C(C)C)C(C)C)O2)c(=O)[nH]c1=O. The van der Waals surface area contributed by atoms with Gasteiger partial charge in [0.05, 0.1) is 12.7 Å². The third kappa shape index (κ3) is 6.26. The Morgan fingerprint density at radius 2 is 1.32 bits per heavy atom. The Labute approximate surface area is 227 Å². The van der Waals surface area contributed by atoms with Crippen LogP contribution in [0.1, 0.15) is 101 Å². The highest BCUT2D eigenvalue weighted by Crippen LogP contribution is 2.47. The molecular formula is C28H54N2O5Si2. The number of H-pyrrole nitrogens is 1. The Balaban J connectivity index is 2.51.